The highest BCUT2D eigenvalue weighted by Crippen LogP contribution is 2.25. The first-order valence-electron chi connectivity index (χ1n) is 39.4. The first kappa shape index (κ1) is 92.8. The number of nitrogens with zero attached hydrogens (tertiary/aromatic N) is 7. The molecule has 8 N–H and O–H groups in total. The van der Waals surface area contributed by atoms with Crippen LogP contribution in [0.4, 0.5) is 0 Å². The summed E-state index contributed by atoms with van der Waals surface area (Å²) >= 11 is 0. The van der Waals surface area contributed by atoms with Crippen LogP contribution in [0.25, 0.3) is 0 Å². The maximum atomic E-state index is 15.8. The van der Waals surface area contributed by atoms with Crippen molar-refractivity contribution in [3.63, 3.8) is 0 Å². The number of likely N-dealkylation sites (N-methyl/N-ethyl adjacent to an activating group) is 6. The normalized spacial score (nSPS) is 22.5. The Morgan fingerprint density at radius 2 is 1.04 bits per heavy atom. The molecule has 2 heterocycles. The number of likely N-dealkylation sites (tertiary alicyclic amines) is 1. The monoisotopic (exact) mass is 1560 g/mol. The molecular formula is C83H126N14O15. The standard InChI is InChI=1S/C83H126N14O15/c1-21-52(10)69(83(112)97-40-32-25-33-41-97)89-72(101)55(13)92(16)81(110)67(50(6)7)88-75(104)62(45-58-36-28-23-29-37-58)93(17)79(108)64(43-49(4)5)94(18)77(106)61-47-66(99)84-53(11)71(100)87-68(51(8)9)82(111)96(20)65(46-59-38-30-24-31-39-59)80(109)95(19)63(42-48(2)3)78(107)91(15)54(12)73(102)90-70(56(14)98)76(105)85-60(74(103)86-61)44-57-34-26-22-27-35-57/h22-24,26-31,34-39,48-56,60-65,67-70,98H,21,25,32-33,40-47H2,1-20H3,(H,84,99)(H,85,105)(H,86,103)(H,87,100)(H,88,104)(H,89,101)(H,90,102)/t52-,53+,54-,55-,56+,60-,61-,62-,63-,64-,65-,67-,68-,69-,70-/m0/s1. The minimum absolute atomic E-state index is 0.0418. The van der Waals surface area contributed by atoms with Gasteiger partial charge < -0.3 is 76.6 Å². The molecule has 2 fully saturated rings. The summed E-state index contributed by atoms with van der Waals surface area (Å²) in [4.78, 5) is 217. The number of carbonyl (C=O) groups excluding carboxylic acids is 14. The zero-order valence-electron chi connectivity index (χ0n) is 69.4. The molecule has 0 unspecified atom stereocenters. The Balaban J connectivity index is 1.60. The zero-order chi connectivity index (χ0) is 83.9. The summed E-state index contributed by atoms with van der Waals surface area (Å²) in [6.07, 6.45) is 0.298. The van der Waals surface area contributed by atoms with Gasteiger partial charge in [-0.05, 0) is 106 Å². The number of hydrogen-bond acceptors (Lipinski definition) is 15. The van der Waals surface area contributed by atoms with Gasteiger partial charge in [-0.25, -0.2) is 0 Å². The van der Waals surface area contributed by atoms with Crippen molar-refractivity contribution >= 4 is 82.7 Å². The van der Waals surface area contributed by atoms with Crippen LogP contribution in [-0.2, 0) is 86.4 Å². The molecule has 0 aromatic heterocycles. The van der Waals surface area contributed by atoms with E-state index in [-0.39, 0.29) is 55.8 Å². The van der Waals surface area contributed by atoms with E-state index >= 15 is 28.8 Å². The molecule has 5 rings (SSSR count). The molecule has 3 aromatic rings. The molecule has 14 amide bonds. The van der Waals surface area contributed by atoms with E-state index in [1.54, 1.807) is 137 Å². The third-order valence-corrected chi connectivity index (χ3v) is 21.6. The van der Waals surface area contributed by atoms with Crippen LogP contribution in [0.3, 0.4) is 0 Å². The Hall–Kier alpha value is -9.80. The first-order valence-corrected chi connectivity index (χ1v) is 39.4. The van der Waals surface area contributed by atoms with Gasteiger partial charge in [-0.3, -0.25) is 67.1 Å². The number of piperidine rings is 1. The predicted octanol–water partition coefficient (Wildman–Crippen LogP) is 3.38. The van der Waals surface area contributed by atoms with Crippen molar-refractivity contribution in [2.24, 2.45) is 29.6 Å². The van der Waals surface area contributed by atoms with Crippen LogP contribution in [0.15, 0.2) is 91.0 Å². The fourth-order valence-electron chi connectivity index (χ4n) is 13.8. The Morgan fingerprint density at radius 1 is 0.527 bits per heavy atom. The van der Waals surface area contributed by atoms with E-state index in [1.165, 1.54) is 89.6 Å². The fourth-order valence-corrected chi connectivity index (χ4v) is 13.8. The summed E-state index contributed by atoms with van der Waals surface area (Å²) in [6, 6.07) is 7.81. The summed E-state index contributed by atoms with van der Waals surface area (Å²) < 4.78 is 0. The molecule has 3 aromatic carbocycles. The van der Waals surface area contributed by atoms with Crippen LogP contribution < -0.4 is 37.2 Å². The van der Waals surface area contributed by atoms with Crippen LogP contribution in [0, 0.1) is 29.6 Å². The number of carbonyl (C=O) groups is 14. The molecule has 0 aliphatic carbocycles. The van der Waals surface area contributed by atoms with Crippen molar-refractivity contribution in [2.75, 3.05) is 55.4 Å². The largest absolute Gasteiger partial charge is 0.391 e. The highest BCUT2D eigenvalue weighted by Gasteiger charge is 2.45. The van der Waals surface area contributed by atoms with Crippen LogP contribution in [0.1, 0.15) is 159 Å². The lowest BCUT2D eigenvalue weighted by Gasteiger charge is -2.38. The molecule has 15 atom stereocenters. The number of rotatable bonds is 26. The first-order chi connectivity index (χ1) is 52.6. The van der Waals surface area contributed by atoms with Gasteiger partial charge in [0.15, 0.2) is 0 Å². The van der Waals surface area contributed by atoms with Gasteiger partial charge in [0.25, 0.3) is 0 Å². The molecule has 112 heavy (non-hydrogen) atoms. The van der Waals surface area contributed by atoms with Crippen molar-refractivity contribution in [1.82, 2.24) is 71.5 Å². The number of aliphatic hydroxyl groups excluding tert-OH is 1. The lowest BCUT2D eigenvalue weighted by atomic mass is 9.96. The minimum atomic E-state index is -1.93. The Kier molecular flexibility index (Phi) is 35.9. The summed E-state index contributed by atoms with van der Waals surface area (Å²) in [5, 5.41) is 30.3. The quantitative estimate of drug-likeness (QED) is 0.0571. The lowest BCUT2D eigenvalue weighted by Crippen LogP contribution is -2.63. The number of aliphatic hydroxyl groups is 1. The van der Waals surface area contributed by atoms with Crippen LogP contribution in [-0.4, -0.2) is 262 Å². The van der Waals surface area contributed by atoms with E-state index in [9.17, 15) is 43.5 Å². The minimum Gasteiger partial charge on any atom is -0.391 e. The van der Waals surface area contributed by atoms with Crippen LogP contribution in [0.2, 0.25) is 0 Å². The maximum absolute atomic E-state index is 15.8. The van der Waals surface area contributed by atoms with E-state index in [2.05, 4.69) is 37.2 Å². The van der Waals surface area contributed by atoms with E-state index in [1.807, 2.05) is 27.7 Å². The molecule has 29 heteroatoms. The van der Waals surface area contributed by atoms with E-state index in [0.717, 1.165) is 29.1 Å². The molecule has 2 aliphatic heterocycles. The zero-order valence-corrected chi connectivity index (χ0v) is 69.4. The highest BCUT2D eigenvalue weighted by atomic mass is 16.3. The van der Waals surface area contributed by atoms with Gasteiger partial charge in [0.1, 0.15) is 78.5 Å². The second kappa shape index (κ2) is 43.3. The summed E-state index contributed by atoms with van der Waals surface area (Å²) in [5.41, 5.74) is 1.73. The molecule has 2 aliphatic rings. The molecule has 2 saturated heterocycles. The average molecular weight is 1560 g/mol. The highest BCUT2D eigenvalue weighted by molar-refractivity contribution is 6.01. The lowest BCUT2D eigenvalue weighted by molar-refractivity contribution is -0.153. The molecule has 0 spiro atoms. The van der Waals surface area contributed by atoms with Gasteiger partial charge in [0.05, 0.1) is 12.5 Å². The van der Waals surface area contributed by atoms with Crippen molar-refractivity contribution in [3.8, 4) is 0 Å². The fraction of sp³-hybridized carbons (Fsp3) is 0.614. The second-order valence-corrected chi connectivity index (χ2v) is 32.0. The molecule has 29 nitrogen and oxygen atoms in total. The number of amides is 14. The number of hydrogen-bond donors (Lipinski definition) is 8. The maximum Gasteiger partial charge on any atom is 0.246 e. The molecule has 618 valence electrons. The molecule has 0 bridgehead atoms. The van der Waals surface area contributed by atoms with Gasteiger partial charge in [0.2, 0.25) is 82.7 Å². The summed E-state index contributed by atoms with van der Waals surface area (Å²) in [7, 11) is 8.26. The Morgan fingerprint density at radius 3 is 1.56 bits per heavy atom. The van der Waals surface area contributed by atoms with Gasteiger partial charge in [-0.1, -0.05) is 167 Å². The van der Waals surface area contributed by atoms with Gasteiger partial charge >= 0.3 is 0 Å². The topological polar surface area (TPSA) is 366 Å². The van der Waals surface area contributed by atoms with Gasteiger partial charge in [-0.2, -0.15) is 0 Å². The average Bonchev–Trinajstić information content (AvgIpc) is 0.874. The smallest absolute Gasteiger partial charge is 0.246 e. The van der Waals surface area contributed by atoms with Gasteiger partial charge in [-0.15, -0.1) is 0 Å². The molecular weight excluding hydrogens is 1430 g/mol. The van der Waals surface area contributed by atoms with Crippen molar-refractivity contribution in [1.29, 1.82) is 0 Å². The van der Waals surface area contributed by atoms with E-state index in [4.69, 9.17) is 0 Å². The third kappa shape index (κ3) is 25.6. The van der Waals surface area contributed by atoms with E-state index in [0.29, 0.717) is 36.2 Å². The summed E-state index contributed by atoms with van der Waals surface area (Å²) in [5.74, 6) is -13.0. The van der Waals surface area contributed by atoms with Crippen molar-refractivity contribution in [2.45, 2.75) is 246 Å². The summed E-state index contributed by atoms with van der Waals surface area (Å²) in [6.45, 7) is 24.4. The third-order valence-electron chi connectivity index (χ3n) is 21.6. The predicted molar refractivity (Wildman–Crippen MR) is 425 cm³/mol. The number of nitrogens with one attached hydrogen (secondary N) is 7. The van der Waals surface area contributed by atoms with Crippen LogP contribution >= 0.6 is 0 Å². The van der Waals surface area contributed by atoms with Gasteiger partial charge in [0, 0.05) is 74.6 Å². The SMILES string of the molecule is CC[C@H](C)[C@H](NC(=O)[C@H](C)N(C)C(=O)[C@@H](NC(=O)[C@H](Cc1ccccc1)N(C)C(=O)[C@H](CC(C)C)N(C)C(=O)[C@@H]1CC(=O)N[C@H](C)C(=O)N[C@@H](C(C)C)C(=O)N(C)[C@@H](Cc2ccccc2)C(=O)N(C)[C@@H](CC(C)C)C(=O)N(C)[C@@H](C)C(=O)N[C@@H]([C@@H](C)O)C(=O)N[C@@H](Cc2ccccc2)C(=O)N1)C(C)C)C(=O)N1CCCCC1. The van der Waals surface area contributed by atoms with Crippen molar-refractivity contribution < 1.29 is 72.2 Å². The van der Waals surface area contributed by atoms with E-state index < -0.39 is 180 Å². The van der Waals surface area contributed by atoms with Crippen LogP contribution in [0.5, 0.6) is 0 Å². The number of benzene rings is 3. The molecule has 0 radical (unpaired) electrons. The molecule has 0 saturated carbocycles. The Bertz CT molecular complexity index is 3710. The second-order valence-electron chi connectivity index (χ2n) is 32.0. The Labute approximate surface area is 661 Å². The van der Waals surface area contributed by atoms with Crippen molar-refractivity contribution in [3.05, 3.63) is 108 Å².